The monoisotopic (exact) mass is 254 g/mol. The second kappa shape index (κ2) is 6.58. The van der Waals surface area contributed by atoms with Crippen LogP contribution in [0.15, 0.2) is 0 Å². The van der Waals surface area contributed by atoms with E-state index < -0.39 is 0 Å². The quantitative estimate of drug-likeness (QED) is 0.756. The van der Waals surface area contributed by atoms with Gasteiger partial charge in [-0.05, 0) is 44.3 Å². The third-order valence-corrected chi connectivity index (χ3v) is 4.29. The molecule has 0 aromatic heterocycles. The molecule has 98 valence electrons. The van der Waals surface area contributed by atoms with Crippen molar-refractivity contribution < 1.29 is 0 Å². The van der Waals surface area contributed by atoms with E-state index in [1.807, 2.05) is 0 Å². The second-order valence-corrected chi connectivity index (χ2v) is 5.95. The molecule has 0 saturated heterocycles. The number of nitrogens with one attached hydrogen (secondary N) is 1. The largest absolute Gasteiger partial charge is 0.360 e. The molecule has 0 aromatic rings. The molecule has 0 amide bonds. The van der Waals surface area contributed by atoms with Crippen LogP contribution in [0, 0.1) is 0 Å². The molecule has 2 aliphatic rings. The Morgan fingerprint density at radius 2 is 1.88 bits per heavy atom. The topological polar surface area (TPSA) is 15.3 Å². The summed E-state index contributed by atoms with van der Waals surface area (Å²) in [6.07, 6.45) is 12.0. The lowest BCUT2D eigenvalue weighted by Crippen LogP contribution is -2.46. The van der Waals surface area contributed by atoms with E-state index in [-0.39, 0.29) is 0 Å². The van der Waals surface area contributed by atoms with Crippen LogP contribution in [0.4, 0.5) is 0 Å². The summed E-state index contributed by atoms with van der Waals surface area (Å²) in [7, 11) is 0. The van der Waals surface area contributed by atoms with Crippen molar-refractivity contribution in [1.82, 2.24) is 10.2 Å². The highest BCUT2D eigenvalue weighted by atomic mass is 32.1. The van der Waals surface area contributed by atoms with Crippen molar-refractivity contribution in [3.05, 3.63) is 0 Å². The second-order valence-electron chi connectivity index (χ2n) is 5.56. The zero-order valence-corrected chi connectivity index (χ0v) is 11.9. The van der Waals surface area contributed by atoms with Crippen LogP contribution in [0.2, 0.25) is 0 Å². The van der Waals surface area contributed by atoms with Gasteiger partial charge in [0.1, 0.15) is 0 Å². The van der Waals surface area contributed by atoms with E-state index in [2.05, 4.69) is 17.1 Å². The summed E-state index contributed by atoms with van der Waals surface area (Å²) < 4.78 is 0. The van der Waals surface area contributed by atoms with E-state index in [1.165, 1.54) is 57.8 Å². The van der Waals surface area contributed by atoms with Gasteiger partial charge in [0, 0.05) is 18.6 Å². The molecule has 0 radical (unpaired) electrons. The summed E-state index contributed by atoms with van der Waals surface area (Å²) in [5, 5.41) is 4.64. The van der Waals surface area contributed by atoms with Crippen molar-refractivity contribution in [1.29, 1.82) is 0 Å². The van der Waals surface area contributed by atoms with Crippen molar-refractivity contribution in [2.24, 2.45) is 0 Å². The number of unbranched alkanes of at least 4 members (excludes halogenated alkanes) is 1. The van der Waals surface area contributed by atoms with Crippen molar-refractivity contribution in [2.75, 3.05) is 6.54 Å². The molecule has 0 aliphatic heterocycles. The molecule has 2 nitrogen and oxygen atoms in total. The molecule has 0 heterocycles. The summed E-state index contributed by atoms with van der Waals surface area (Å²) in [4.78, 5) is 2.45. The molecule has 0 unspecified atom stereocenters. The summed E-state index contributed by atoms with van der Waals surface area (Å²) >= 11 is 5.60. The lowest BCUT2D eigenvalue weighted by molar-refractivity contribution is 0.361. The maximum atomic E-state index is 5.60. The zero-order chi connectivity index (χ0) is 12.1. The third-order valence-electron chi connectivity index (χ3n) is 3.93. The molecule has 0 spiro atoms. The number of hydrogen-bond acceptors (Lipinski definition) is 1. The van der Waals surface area contributed by atoms with Crippen LogP contribution in [0.5, 0.6) is 0 Å². The maximum Gasteiger partial charge on any atom is 0.169 e. The van der Waals surface area contributed by atoms with Crippen molar-refractivity contribution >= 4 is 17.3 Å². The minimum Gasteiger partial charge on any atom is -0.360 e. The van der Waals surface area contributed by atoms with Gasteiger partial charge in [0.2, 0.25) is 0 Å². The molecule has 0 atom stereocenters. The molecule has 2 aliphatic carbocycles. The Bertz CT molecular complexity index is 245. The first-order valence-corrected chi connectivity index (χ1v) is 7.79. The standard InChI is InChI=1S/C14H26N2S/c1-2-3-11-16(13-9-10-13)14(17)15-12-7-5-4-6-8-12/h12-13H,2-11H2,1H3,(H,15,17). The molecule has 0 bridgehead atoms. The summed E-state index contributed by atoms with van der Waals surface area (Å²) in [5.74, 6) is 0. The maximum absolute atomic E-state index is 5.60. The van der Waals surface area contributed by atoms with Gasteiger partial charge in [0.25, 0.3) is 0 Å². The fraction of sp³-hybridized carbons (Fsp3) is 0.929. The highest BCUT2D eigenvalue weighted by Crippen LogP contribution is 2.27. The Kier molecular flexibility index (Phi) is 5.08. The van der Waals surface area contributed by atoms with E-state index in [0.717, 1.165) is 17.7 Å². The SMILES string of the molecule is CCCCN(C(=S)NC1CCCCC1)C1CC1. The fourth-order valence-electron chi connectivity index (χ4n) is 2.67. The first-order chi connectivity index (χ1) is 8.31. The van der Waals surface area contributed by atoms with Gasteiger partial charge in [0.05, 0.1) is 0 Å². The molecule has 2 fully saturated rings. The lowest BCUT2D eigenvalue weighted by Gasteiger charge is -2.31. The Hall–Kier alpha value is -0.310. The van der Waals surface area contributed by atoms with Crippen molar-refractivity contribution in [2.45, 2.75) is 76.8 Å². The smallest absolute Gasteiger partial charge is 0.169 e. The van der Waals surface area contributed by atoms with Gasteiger partial charge in [-0.25, -0.2) is 0 Å². The van der Waals surface area contributed by atoms with Gasteiger partial charge in [0.15, 0.2) is 5.11 Å². The van der Waals surface area contributed by atoms with Crippen LogP contribution in [0.3, 0.4) is 0 Å². The average molecular weight is 254 g/mol. The minimum absolute atomic E-state index is 0.652. The highest BCUT2D eigenvalue weighted by Gasteiger charge is 2.31. The fourth-order valence-corrected chi connectivity index (χ4v) is 3.08. The predicted molar refractivity (Wildman–Crippen MR) is 77.2 cm³/mol. The molecule has 17 heavy (non-hydrogen) atoms. The Morgan fingerprint density at radius 3 is 2.47 bits per heavy atom. The summed E-state index contributed by atoms with van der Waals surface area (Å²) in [6, 6.07) is 1.41. The summed E-state index contributed by atoms with van der Waals surface area (Å²) in [6.45, 7) is 3.41. The van der Waals surface area contributed by atoms with Crippen LogP contribution >= 0.6 is 12.2 Å². The van der Waals surface area contributed by atoms with Gasteiger partial charge < -0.3 is 10.2 Å². The van der Waals surface area contributed by atoms with Crippen molar-refractivity contribution in [3.63, 3.8) is 0 Å². The van der Waals surface area contributed by atoms with Crippen LogP contribution in [0.1, 0.15) is 64.7 Å². The van der Waals surface area contributed by atoms with E-state index in [0.29, 0.717) is 6.04 Å². The number of rotatable bonds is 5. The Labute approximate surface area is 111 Å². The molecule has 1 N–H and O–H groups in total. The minimum atomic E-state index is 0.652. The molecule has 3 heteroatoms. The number of hydrogen-bond donors (Lipinski definition) is 1. The van der Waals surface area contributed by atoms with Crippen LogP contribution in [-0.4, -0.2) is 28.6 Å². The molecular formula is C14H26N2S. The zero-order valence-electron chi connectivity index (χ0n) is 11.1. The van der Waals surface area contributed by atoms with Crippen LogP contribution < -0.4 is 5.32 Å². The van der Waals surface area contributed by atoms with Crippen molar-refractivity contribution in [3.8, 4) is 0 Å². The van der Waals surface area contributed by atoms with E-state index in [4.69, 9.17) is 12.2 Å². The predicted octanol–water partition coefficient (Wildman–Crippen LogP) is 3.46. The number of nitrogens with zero attached hydrogens (tertiary/aromatic N) is 1. The third kappa shape index (κ3) is 4.13. The molecule has 2 saturated carbocycles. The average Bonchev–Trinajstić information content (AvgIpc) is 3.15. The first-order valence-electron chi connectivity index (χ1n) is 7.38. The van der Waals surface area contributed by atoms with E-state index in [1.54, 1.807) is 0 Å². The van der Waals surface area contributed by atoms with E-state index >= 15 is 0 Å². The Balaban J connectivity index is 1.78. The number of thiocarbonyl (C=S) groups is 1. The first kappa shape index (κ1) is 13.1. The Morgan fingerprint density at radius 1 is 1.18 bits per heavy atom. The molecule has 0 aromatic carbocycles. The summed E-state index contributed by atoms with van der Waals surface area (Å²) in [5.41, 5.74) is 0. The van der Waals surface area contributed by atoms with Crippen LogP contribution in [-0.2, 0) is 0 Å². The van der Waals surface area contributed by atoms with Gasteiger partial charge >= 0.3 is 0 Å². The van der Waals surface area contributed by atoms with Crippen LogP contribution in [0.25, 0.3) is 0 Å². The van der Waals surface area contributed by atoms with Gasteiger partial charge in [-0.3, -0.25) is 0 Å². The molecule has 2 rings (SSSR count). The van der Waals surface area contributed by atoms with Gasteiger partial charge in [-0.2, -0.15) is 0 Å². The van der Waals surface area contributed by atoms with Gasteiger partial charge in [-0.15, -0.1) is 0 Å². The van der Waals surface area contributed by atoms with E-state index in [9.17, 15) is 0 Å². The normalized spacial score (nSPS) is 21.2. The molecular weight excluding hydrogens is 228 g/mol. The lowest BCUT2D eigenvalue weighted by atomic mass is 9.96. The highest BCUT2D eigenvalue weighted by molar-refractivity contribution is 7.80. The van der Waals surface area contributed by atoms with Gasteiger partial charge in [-0.1, -0.05) is 32.6 Å².